The molecule has 0 saturated heterocycles. The molecule has 2 aromatic rings. The number of oxazole rings is 1. The summed E-state index contributed by atoms with van der Waals surface area (Å²) in [7, 11) is 0. The van der Waals surface area contributed by atoms with Crippen LogP contribution in [0, 0.1) is 16.2 Å². The Morgan fingerprint density at radius 1 is 1.54 bits per heavy atom. The Hall–Kier alpha value is -1.31. The molecule has 13 heavy (non-hydrogen) atoms. The van der Waals surface area contributed by atoms with Crippen LogP contribution in [0.15, 0.2) is 16.5 Å². The third-order valence-corrected chi connectivity index (χ3v) is 2.01. The van der Waals surface area contributed by atoms with Gasteiger partial charge in [-0.15, -0.1) is 0 Å². The highest BCUT2D eigenvalue weighted by Gasteiger charge is 2.06. The quantitative estimate of drug-likeness (QED) is 0.680. The third kappa shape index (κ3) is 1.32. The molecule has 0 saturated carbocycles. The van der Waals surface area contributed by atoms with Crippen LogP contribution in [0.4, 0.5) is 0 Å². The lowest BCUT2D eigenvalue weighted by atomic mass is 10.2. The van der Waals surface area contributed by atoms with E-state index in [0.29, 0.717) is 21.7 Å². The van der Waals surface area contributed by atoms with Crippen LogP contribution in [-0.2, 0) is 0 Å². The van der Waals surface area contributed by atoms with E-state index in [9.17, 15) is 0 Å². The van der Waals surface area contributed by atoms with Gasteiger partial charge in [-0.2, -0.15) is 5.26 Å². The lowest BCUT2D eigenvalue weighted by Gasteiger charge is -1.91. The number of hydrogen-bond donors (Lipinski definition) is 1. The van der Waals surface area contributed by atoms with E-state index in [4.69, 9.17) is 33.5 Å². The van der Waals surface area contributed by atoms with Crippen molar-refractivity contribution in [3.05, 3.63) is 27.6 Å². The van der Waals surface area contributed by atoms with Gasteiger partial charge in [-0.1, -0.05) is 11.6 Å². The van der Waals surface area contributed by atoms with Crippen LogP contribution in [0.2, 0.25) is 5.02 Å². The lowest BCUT2D eigenvalue weighted by Crippen LogP contribution is -1.76. The van der Waals surface area contributed by atoms with Gasteiger partial charge in [0.15, 0.2) is 5.58 Å². The van der Waals surface area contributed by atoms with Crippen molar-refractivity contribution in [3.8, 4) is 6.07 Å². The SMILES string of the molecule is N#Cc1cc(Cl)cc2[nH]c(=S)oc12. The van der Waals surface area contributed by atoms with Crippen LogP contribution < -0.4 is 0 Å². The Bertz CT molecular complexity index is 564. The molecular weight excluding hydrogens is 208 g/mol. The maximum atomic E-state index is 8.75. The molecule has 0 spiro atoms. The summed E-state index contributed by atoms with van der Waals surface area (Å²) in [6.45, 7) is 0. The van der Waals surface area contributed by atoms with Crippen LogP contribution in [0.25, 0.3) is 11.1 Å². The van der Waals surface area contributed by atoms with Crippen LogP contribution in [0.3, 0.4) is 0 Å². The molecule has 0 amide bonds. The van der Waals surface area contributed by atoms with Gasteiger partial charge in [-0.25, -0.2) is 0 Å². The fraction of sp³-hybridized carbons (Fsp3) is 0. The molecule has 0 aliphatic carbocycles. The van der Waals surface area contributed by atoms with Crippen molar-refractivity contribution in [1.29, 1.82) is 5.26 Å². The molecule has 0 fully saturated rings. The summed E-state index contributed by atoms with van der Waals surface area (Å²) < 4.78 is 5.12. The second-order valence-electron chi connectivity index (χ2n) is 2.46. The average Bonchev–Trinajstić information content (AvgIpc) is 2.43. The third-order valence-electron chi connectivity index (χ3n) is 1.61. The summed E-state index contributed by atoms with van der Waals surface area (Å²) >= 11 is 10.6. The average molecular weight is 211 g/mol. The molecular formula is C8H3ClN2OS. The fourth-order valence-electron chi connectivity index (χ4n) is 1.11. The van der Waals surface area contributed by atoms with Crippen molar-refractivity contribution in [1.82, 2.24) is 4.98 Å². The van der Waals surface area contributed by atoms with Crippen molar-refractivity contribution in [3.63, 3.8) is 0 Å². The van der Waals surface area contributed by atoms with Crippen LogP contribution in [0.1, 0.15) is 5.56 Å². The highest BCUT2D eigenvalue weighted by Crippen LogP contribution is 2.22. The zero-order valence-electron chi connectivity index (χ0n) is 6.30. The van der Waals surface area contributed by atoms with E-state index in [1.165, 1.54) is 6.07 Å². The molecule has 1 N–H and O–H groups in total. The van der Waals surface area contributed by atoms with Crippen molar-refractivity contribution in [2.45, 2.75) is 0 Å². The van der Waals surface area contributed by atoms with Crippen LogP contribution in [-0.4, -0.2) is 4.98 Å². The van der Waals surface area contributed by atoms with E-state index < -0.39 is 0 Å². The molecule has 0 radical (unpaired) electrons. The summed E-state index contributed by atoms with van der Waals surface area (Å²) in [6.07, 6.45) is 0. The van der Waals surface area contributed by atoms with Gasteiger partial charge >= 0.3 is 0 Å². The number of H-pyrrole nitrogens is 1. The molecule has 2 rings (SSSR count). The number of rotatable bonds is 0. The van der Waals surface area contributed by atoms with Crippen LogP contribution in [0.5, 0.6) is 0 Å². The van der Waals surface area contributed by atoms with Gasteiger partial charge in [0.1, 0.15) is 6.07 Å². The summed E-state index contributed by atoms with van der Waals surface area (Å²) in [5, 5.41) is 9.24. The topological polar surface area (TPSA) is 52.7 Å². The van der Waals surface area contributed by atoms with Gasteiger partial charge < -0.3 is 9.40 Å². The van der Waals surface area contributed by atoms with Crippen molar-refractivity contribution < 1.29 is 4.42 Å². The Kier molecular flexibility index (Phi) is 1.83. The first kappa shape index (κ1) is 8.30. The van der Waals surface area contributed by atoms with Gasteiger partial charge in [0.05, 0.1) is 11.1 Å². The molecule has 3 nitrogen and oxygen atoms in total. The molecule has 0 aliphatic rings. The zero-order valence-corrected chi connectivity index (χ0v) is 7.87. The number of halogens is 1. The summed E-state index contributed by atoms with van der Waals surface area (Å²) in [5.41, 5.74) is 1.49. The minimum Gasteiger partial charge on any atom is -0.428 e. The molecule has 0 unspecified atom stereocenters. The number of fused-ring (bicyclic) bond motifs is 1. The lowest BCUT2D eigenvalue weighted by molar-refractivity contribution is 0.582. The first-order valence-corrected chi connectivity index (χ1v) is 4.22. The number of nitrogens with one attached hydrogen (secondary N) is 1. The number of aromatic nitrogens is 1. The molecule has 1 aromatic heterocycles. The molecule has 0 aliphatic heterocycles. The number of nitriles is 1. The monoisotopic (exact) mass is 210 g/mol. The fourth-order valence-corrected chi connectivity index (χ4v) is 1.52. The van der Waals surface area contributed by atoms with Gasteiger partial charge in [0.25, 0.3) is 4.84 Å². The number of benzene rings is 1. The Balaban J connectivity index is 2.98. The highest BCUT2D eigenvalue weighted by atomic mass is 35.5. The van der Waals surface area contributed by atoms with E-state index in [1.54, 1.807) is 6.07 Å². The normalized spacial score (nSPS) is 10.2. The van der Waals surface area contributed by atoms with E-state index in [2.05, 4.69) is 4.98 Å². The van der Waals surface area contributed by atoms with Gasteiger partial charge in [-0.3, -0.25) is 0 Å². The standard InChI is InChI=1S/C8H3ClN2OS/c9-5-1-4(3-10)7-6(2-5)11-8(13)12-7/h1-2H,(H,11,13). The predicted octanol–water partition coefficient (Wildman–Crippen LogP) is 3.02. The maximum Gasteiger partial charge on any atom is 0.266 e. The summed E-state index contributed by atoms with van der Waals surface area (Å²) in [4.78, 5) is 3.03. The Morgan fingerprint density at radius 2 is 2.31 bits per heavy atom. The largest absolute Gasteiger partial charge is 0.428 e. The zero-order chi connectivity index (χ0) is 9.42. The maximum absolute atomic E-state index is 8.75. The van der Waals surface area contributed by atoms with Gasteiger partial charge in [-0.05, 0) is 24.4 Å². The van der Waals surface area contributed by atoms with E-state index in [1.807, 2.05) is 6.07 Å². The van der Waals surface area contributed by atoms with Crippen molar-refractivity contribution >= 4 is 34.9 Å². The summed E-state index contributed by atoms with van der Waals surface area (Å²) in [5.74, 6) is 0. The van der Waals surface area contributed by atoms with Gasteiger partial charge in [0, 0.05) is 5.02 Å². The Labute approximate surface area is 83.5 Å². The first-order valence-electron chi connectivity index (χ1n) is 3.43. The minimum absolute atomic E-state index is 0.244. The second-order valence-corrected chi connectivity index (χ2v) is 3.26. The molecule has 0 bridgehead atoms. The minimum atomic E-state index is 0.244. The van der Waals surface area contributed by atoms with Crippen molar-refractivity contribution in [2.75, 3.05) is 0 Å². The van der Waals surface area contributed by atoms with E-state index in [-0.39, 0.29) is 4.84 Å². The number of nitrogens with zero attached hydrogens (tertiary/aromatic N) is 1. The predicted molar refractivity (Wildman–Crippen MR) is 51.1 cm³/mol. The van der Waals surface area contributed by atoms with E-state index in [0.717, 1.165) is 0 Å². The number of aromatic amines is 1. The molecule has 0 atom stereocenters. The van der Waals surface area contributed by atoms with Crippen LogP contribution >= 0.6 is 23.8 Å². The first-order chi connectivity index (χ1) is 6.20. The molecule has 64 valence electrons. The van der Waals surface area contributed by atoms with E-state index >= 15 is 0 Å². The second kappa shape index (κ2) is 2.87. The summed E-state index contributed by atoms with van der Waals surface area (Å²) in [6, 6.07) is 5.18. The number of hydrogen-bond acceptors (Lipinski definition) is 3. The molecule has 5 heteroatoms. The van der Waals surface area contributed by atoms with Crippen molar-refractivity contribution in [2.24, 2.45) is 0 Å². The Morgan fingerprint density at radius 3 is 3.00 bits per heavy atom. The highest BCUT2D eigenvalue weighted by molar-refractivity contribution is 7.71. The van der Waals surface area contributed by atoms with Gasteiger partial charge in [0.2, 0.25) is 0 Å². The molecule has 1 aromatic carbocycles. The smallest absolute Gasteiger partial charge is 0.266 e. The molecule has 1 heterocycles.